The molecular weight excluding hydrogens is 334 g/mol. The monoisotopic (exact) mass is 353 g/mol. The number of hydrogen-bond acceptors (Lipinski definition) is 7. The third-order valence-electron chi connectivity index (χ3n) is 2.90. The molecule has 2 rings (SSSR count). The van der Waals surface area contributed by atoms with E-state index in [1.54, 1.807) is 12.3 Å². The number of amides is 1. The van der Waals surface area contributed by atoms with E-state index in [0.717, 1.165) is 23.5 Å². The van der Waals surface area contributed by atoms with E-state index in [1.165, 1.54) is 22.7 Å². The zero-order chi connectivity index (χ0) is 16.8. The van der Waals surface area contributed by atoms with Crippen LogP contribution < -0.4 is 5.32 Å². The Kier molecular flexibility index (Phi) is 6.23. The number of carbonyl (C=O) groups is 2. The number of carbonyl (C=O) groups excluding carboxylic acids is 2. The lowest BCUT2D eigenvalue weighted by Gasteiger charge is -2.01. The maximum Gasteiger partial charge on any atom is 0.311 e. The number of esters is 1. The highest BCUT2D eigenvalue weighted by Gasteiger charge is 2.18. The topological polar surface area (TPSA) is 81.2 Å². The van der Waals surface area contributed by atoms with Crippen molar-refractivity contribution in [2.75, 3.05) is 11.9 Å². The van der Waals surface area contributed by atoms with Gasteiger partial charge in [-0.1, -0.05) is 13.3 Å². The van der Waals surface area contributed by atoms with Crippen LogP contribution in [0.5, 0.6) is 0 Å². The second kappa shape index (κ2) is 8.16. The van der Waals surface area contributed by atoms with Crippen LogP contribution in [0.25, 0.3) is 0 Å². The number of nitrogens with one attached hydrogen (secondary N) is 1. The Morgan fingerprint density at radius 3 is 2.78 bits per heavy atom. The van der Waals surface area contributed by atoms with Crippen LogP contribution in [-0.4, -0.2) is 28.5 Å². The first-order valence-electron chi connectivity index (χ1n) is 7.41. The van der Waals surface area contributed by atoms with Crippen LogP contribution in [0.2, 0.25) is 0 Å². The first-order chi connectivity index (χ1) is 11.0. The molecule has 8 heteroatoms. The summed E-state index contributed by atoms with van der Waals surface area (Å²) in [5.74, 6) is -0.518. The van der Waals surface area contributed by atoms with Crippen molar-refractivity contribution in [1.82, 2.24) is 9.97 Å². The minimum atomic E-state index is -0.320. The van der Waals surface area contributed by atoms with Crippen molar-refractivity contribution < 1.29 is 14.3 Å². The Balaban J connectivity index is 2.03. The molecule has 0 saturated carbocycles. The molecule has 0 saturated heterocycles. The van der Waals surface area contributed by atoms with Crippen molar-refractivity contribution in [3.63, 3.8) is 0 Å². The predicted molar refractivity (Wildman–Crippen MR) is 91.3 cm³/mol. The fourth-order valence-electron chi connectivity index (χ4n) is 2.01. The highest BCUT2D eigenvalue weighted by atomic mass is 32.1. The predicted octanol–water partition coefficient (Wildman–Crippen LogP) is 3.22. The van der Waals surface area contributed by atoms with Gasteiger partial charge in [-0.3, -0.25) is 14.9 Å². The number of hydrogen-bond donors (Lipinski definition) is 1. The van der Waals surface area contributed by atoms with Gasteiger partial charge in [0.2, 0.25) is 0 Å². The number of aryl methyl sites for hydroxylation is 2. The van der Waals surface area contributed by atoms with Gasteiger partial charge in [-0.25, -0.2) is 9.97 Å². The van der Waals surface area contributed by atoms with Crippen LogP contribution in [-0.2, 0) is 22.4 Å². The molecule has 0 fully saturated rings. The third kappa shape index (κ3) is 4.84. The van der Waals surface area contributed by atoms with E-state index in [2.05, 4.69) is 22.2 Å². The summed E-state index contributed by atoms with van der Waals surface area (Å²) in [5.41, 5.74) is 1.42. The normalized spacial score (nSPS) is 10.6. The van der Waals surface area contributed by atoms with Crippen molar-refractivity contribution in [3.8, 4) is 0 Å². The van der Waals surface area contributed by atoms with Gasteiger partial charge in [0, 0.05) is 5.38 Å². The number of aromatic nitrogens is 2. The first kappa shape index (κ1) is 17.6. The van der Waals surface area contributed by atoms with E-state index < -0.39 is 0 Å². The summed E-state index contributed by atoms with van der Waals surface area (Å²) in [6, 6.07) is 0. The lowest BCUT2D eigenvalue weighted by Crippen LogP contribution is -2.13. The summed E-state index contributed by atoms with van der Waals surface area (Å²) in [6.45, 7) is 6.05. The fourth-order valence-corrected chi connectivity index (χ4v) is 3.58. The van der Waals surface area contributed by atoms with Crippen molar-refractivity contribution in [1.29, 1.82) is 0 Å². The molecule has 0 spiro atoms. The van der Waals surface area contributed by atoms with Gasteiger partial charge in [0.15, 0.2) is 5.13 Å². The van der Waals surface area contributed by atoms with Gasteiger partial charge in [0.25, 0.3) is 5.91 Å². The van der Waals surface area contributed by atoms with E-state index in [0.29, 0.717) is 22.3 Å². The van der Waals surface area contributed by atoms with Crippen LogP contribution in [0.3, 0.4) is 0 Å². The summed E-state index contributed by atoms with van der Waals surface area (Å²) in [5, 5.41) is 5.88. The number of ether oxygens (including phenoxy) is 1. The fraction of sp³-hybridized carbons (Fsp3) is 0.467. The third-order valence-corrected chi connectivity index (χ3v) is 4.72. The number of nitrogens with zero attached hydrogens (tertiary/aromatic N) is 2. The number of anilines is 1. The maximum atomic E-state index is 12.4. The molecule has 0 aliphatic heterocycles. The molecule has 0 bridgehead atoms. The Hall–Kier alpha value is -1.80. The molecule has 0 aliphatic rings. The molecule has 6 nitrogen and oxygen atoms in total. The van der Waals surface area contributed by atoms with Crippen LogP contribution in [0.15, 0.2) is 5.38 Å². The first-order valence-corrected chi connectivity index (χ1v) is 9.10. The Morgan fingerprint density at radius 2 is 2.09 bits per heavy atom. The van der Waals surface area contributed by atoms with E-state index in [-0.39, 0.29) is 18.3 Å². The van der Waals surface area contributed by atoms with E-state index >= 15 is 0 Å². The SMILES string of the molecule is CCCc1nc(C)sc1C(=O)Nc1nc(CC(=O)OCC)cs1. The van der Waals surface area contributed by atoms with Gasteiger partial charge >= 0.3 is 5.97 Å². The van der Waals surface area contributed by atoms with Crippen LogP contribution in [0.1, 0.15) is 46.3 Å². The Labute approximate surface area is 142 Å². The summed E-state index contributed by atoms with van der Waals surface area (Å²) in [4.78, 5) is 33.1. The second-order valence-corrected chi connectivity index (χ2v) is 6.90. The molecule has 2 aromatic heterocycles. The van der Waals surface area contributed by atoms with Gasteiger partial charge in [0.1, 0.15) is 4.88 Å². The molecule has 0 radical (unpaired) electrons. The molecule has 0 aliphatic carbocycles. The summed E-state index contributed by atoms with van der Waals surface area (Å²) in [7, 11) is 0. The van der Waals surface area contributed by atoms with Crippen molar-refractivity contribution >= 4 is 39.7 Å². The van der Waals surface area contributed by atoms with E-state index in [9.17, 15) is 9.59 Å². The highest BCUT2D eigenvalue weighted by Crippen LogP contribution is 2.22. The van der Waals surface area contributed by atoms with E-state index in [1.807, 2.05) is 6.92 Å². The minimum Gasteiger partial charge on any atom is -0.466 e. The summed E-state index contributed by atoms with van der Waals surface area (Å²) in [6.07, 6.45) is 1.82. The largest absolute Gasteiger partial charge is 0.466 e. The van der Waals surface area contributed by atoms with E-state index in [4.69, 9.17) is 4.74 Å². The molecule has 0 atom stereocenters. The Bertz CT molecular complexity index is 694. The molecule has 0 aromatic carbocycles. The van der Waals surface area contributed by atoms with Gasteiger partial charge in [-0.15, -0.1) is 22.7 Å². The molecule has 2 aromatic rings. The standard InChI is InChI=1S/C15H19N3O3S2/c1-4-6-11-13(23-9(3)16-11)14(20)18-15-17-10(8-22-15)7-12(19)21-5-2/h8H,4-7H2,1-3H3,(H,17,18,20). The van der Waals surface area contributed by atoms with Crippen molar-refractivity contribution in [3.05, 3.63) is 26.7 Å². The highest BCUT2D eigenvalue weighted by molar-refractivity contribution is 7.15. The quantitative estimate of drug-likeness (QED) is 0.773. The van der Waals surface area contributed by atoms with Gasteiger partial charge in [-0.2, -0.15) is 0 Å². The zero-order valence-electron chi connectivity index (χ0n) is 13.3. The van der Waals surface area contributed by atoms with Gasteiger partial charge < -0.3 is 4.74 Å². The van der Waals surface area contributed by atoms with Gasteiger partial charge in [-0.05, 0) is 20.3 Å². The maximum absolute atomic E-state index is 12.4. The average Bonchev–Trinajstić information content (AvgIpc) is 3.06. The van der Waals surface area contributed by atoms with Crippen molar-refractivity contribution in [2.24, 2.45) is 0 Å². The molecule has 0 unspecified atom stereocenters. The van der Waals surface area contributed by atoms with Crippen LogP contribution in [0, 0.1) is 6.92 Å². The molecule has 1 amide bonds. The molecule has 124 valence electrons. The number of thiazole rings is 2. The minimum absolute atomic E-state index is 0.112. The lowest BCUT2D eigenvalue weighted by molar-refractivity contribution is -0.142. The molecule has 23 heavy (non-hydrogen) atoms. The second-order valence-electron chi connectivity index (χ2n) is 4.84. The van der Waals surface area contributed by atoms with Crippen LogP contribution >= 0.6 is 22.7 Å². The van der Waals surface area contributed by atoms with Crippen LogP contribution in [0.4, 0.5) is 5.13 Å². The molecule has 1 N–H and O–H groups in total. The lowest BCUT2D eigenvalue weighted by atomic mass is 10.2. The van der Waals surface area contributed by atoms with Crippen molar-refractivity contribution in [2.45, 2.75) is 40.0 Å². The summed E-state index contributed by atoms with van der Waals surface area (Å²) < 4.78 is 4.88. The molecule has 2 heterocycles. The number of rotatable bonds is 7. The smallest absolute Gasteiger partial charge is 0.311 e. The zero-order valence-corrected chi connectivity index (χ0v) is 15.0. The summed E-state index contributed by atoms with van der Waals surface area (Å²) >= 11 is 2.68. The average molecular weight is 353 g/mol. The Morgan fingerprint density at radius 1 is 1.30 bits per heavy atom. The molecular formula is C15H19N3O3S2. The van der Waals surface area contributed by atoms with Gasteiger partial charge in [0.05, 0.1) is 29.4 Å².